The summed E-state index contributed by atoms with van der Waals surface area (Å²) in [7, 11) is 0. The molecule has 20 heavy (non-hydrogen) atoms. The van der Waals surface area contributed by atoms with Gasteiger partial charge in [0.15, 0.2) is 0 Å². The lowest BCUT2D eigenvalue weighted by atomic mass is 10.1. The summed E-state index contributed by atoms with van der Waals surface area (Å²) in [4.78, 5) is 0. The van der Waals surface area contributed by atoms with Crippen molar-refractivity contribution in [1.82, 2.24) is 5.32 Å². The predicted octanol–water partition coefficient (Wildman–Crippen LogP) is 2.19. The van der Waals surface area contributed by atoms with E-state index in [4.69, 9.17) is 4.74 Å². The number of hydrogen-bond donors (Lipinski definition) is 2. The Labute approximate surface area is 119 Å². The minimum atomic E-state index is -0.494. The molecule has 1 fully saturated rings. The lowest BCUT2D eigenvalue weighted by Gasteiger charge is -2.17. The second-order valence-electron chi connectivity index (χ2n) is 5.98. The Balaban J connectivity index is 1.43. The quantitative estimate of drug-likeness (QED) is 0.804. The van der Waals surface area contributed by atoms with Crippen LogP contribution < -0.4 is 5.32 Å². The molecule has 0 aliphatic heterocycles. The summed E-state index contributed by atoms with van der Waals surface area (Å²) in [6, 6.07) is 5.14. The number of aliphatic hydroxyl groups is 1. The molecule has 0 radical (unpaired) electrons. The average Bonchev–Trinajstić information content (AvgIpc) is 3.16. The Bertz CT molecular complexity index is 462. The van der Waals surface area contributed by atoms with Gasteiger partial charge in [-0.2, -0.15) is 0 Å². The summed E-state index contributed by atoms with van der Waals surface area (Å²) >= 11 is 0. The van der Waals surface area contributed by atoms with E-state index < -0.39 is 6.10 Å². The highest BCUT2D eigenvalue weighted by Crippen LogP contribution is 2.31. The van der Waals surface area contributed by atoms with Crippen molar-refractivity contribution in [3.63, 3.8) is 0 Å². The van der Waals surface area contributed by atoms with Crippen LogP contribution in [0.4, 0.5) is 4.39 Å². The van der Waals surface area contributed by atoms with Crippen LogP contribution in [0.1, 0.15) is 36.4 Å². The van der Waals surface area contributed by atoms with Crippen LogP contribution in [0.2, 0.25) is 0 Å². The summed E-state index contributed by atoms with van der Waals surface area (Å²) in [5, 5.41) is 13.2. The number of rotatable bonds is 7. The van der Waals surface area contributed by atoms with Gasteiger partial charge in [0.1, 0.15) is 5.82 Å². The fourth-order valence-electron chi connectivity index (χ4n) is 2.78. The third-order valence-electron chi connectivity index (χ3n) is 4.15. The number of benzene rings is 1. The first-order valence-corrected chi connectivity index (χ1v) is 7.50. The van der Waals surface area contributed by atoms with Crippen molar-refractivity contribution >= 4 is 0 Å². The molecule has 1 aromatic carbocycles. The van der Waals surface area contributed by atoms with Crippen LogP contribution in [0, 0.1) is 11.7 Å². The first kappa shape index (κ1) is 14.0. The molecule has 1 saturated carbocycles. The van der Waals surface area contributed by atoms with Crippen molar-refractivity contribution in [2.24, 2.45) is 5.92 Å². The number of nitrogens with one attached hydrogen (secondary N) is 1. The number of aryl methyl sites for hydroxylation is 1. The van der Waals surface area contributed by atoms with E-state index in [0.717, 1.165) is 30.9 Å². The van der Waals surface area contributed by atoms with E-state index in [1.807, 2.05) is 6.07 Å². The Hall–Kier alpha value is -0.970. The molecule has 0 saturated heterocycles. The normalized spacial score (nSPS) is 22.8. The zero-order valence-corrected chi connectivity index (χ0v) is 11.6. The zero-order valence-electron chi connectivity index (χ0n) is 11.6. The average molecular weight is 279 g/mol. The number of ether oxygens (including phenoxy) is 1. The maximum atomic E-state index is 13.3. The molecule has 110 valence electrons. The smallest absolute Gasteiger partial charge is 0.123 e. The molecular formula is C16H22FNO2. The van der Waals surface area contributed by atoms with E-state index in [1.165, 1.54) is 24.5 Å². The topological polar surface area (TPSA) is 41.5 Å². The van der Waals surface area contributed by atoms with Crippen molar-refractivity contribution in [3.8, 4) is 0 Å². The Morgan fingerprint density at radius 2 is 2.20 bits per heavy atom. The van der Waals surface area contributed by atoms with Gasteiger partial charge in [0, 0.05) is 19.2 Å². The number of fused-ring (bicyclic) bond motifs is 1. The summed E-state index contributed by atoms with van der Waals surface area (Å²) < 4.78 is 18.8. The monoisotopic (exact) mass is 279 g/mol. The van der Waals surface area contributed by atoms with Crippen molar-refractivity contribution in [1.29, 1.82) is 0 Å². The molecule has 4 heteroatoms. The summed E-state index contributed by atoms with van der Waals surface area (Å²) in [5.41, 5.74) is 2.25. The van der Waals surface area contributed by atoms with Crippen LogP contribution in [0.25, 0.3) is 0 Å². The lowest BCUT2D eigenvalue weighted by molar-refractivity contribution is 0.0312. The van der Waals surface area contributed by atoms with Crippen LogP contribution in [-0.4, -0.2) is 31.0 Å². The van der Waals surface area contributed by atoms with Gasteiger partial charge in [-0.1, -0.05) is 6.07 Å². The molecule has 2 atom stereocenters. The highest BCUT2D eigenvalue weighted by atomic mass is 19.1. The first-order valence-electron chi connectivity index (χ1n) is 7.50. The molecule has 1 aromatic rings. The zero-order chi connectivity index (χ0) is 13.9. The number of halogens is 1. The van der Waals surface area contributed by atoms with E-state index in [2.05, 4.69) is 5.32 Å². The van der Waals surface area contributed by atoms with E-state index in [0.29, 0.717) is 13.2 Å². The van der Waals surface area contributed by atoms with Crippen LogP contribution >= 0.6 is 0 Å². The van der Waals surface area contributed by atoms with Crippen molar-refractivity contribution in [3.05, 3.63) is 35.1 Å². The van der Waals surface area contributed by atoms with Crippen LogP contribution in [0.5, 0.6) is 0 Å². The minimum absolute atomic E-state index is 0.152. The van der Waals surface area contributed by atoms with Crippen LogP contribution in [0.3, 0.4) is 0 Å². The summed E-state index contributed by atoms with van der Waals surface area (Å²) in [5.74, 6) is 0.533. The van der Waals surface area contributed by atoms with E-state index in [1.54, 1.807) is 6.07 Å². The van der Waals surface area contributed by atoms with Gasteiger partial charge in [-0.3, -0.25) is 0 Å². The molecule has 0 aromatic heterocycles. The van der Waals surface area contributed by atoms with Gasteiger partial charge >= 0.3 is 0 Å². The Morgan fingerprint density at radius 3 is 3.00 bits per heavy atom. The van der Waals surface area contributed by atoms with Crippen LogP contribution in [-0.2, 0) is 11.2 Å². The molecule has 3 rings (SSSR count). The number of hydrogen-bond acceptors (Lipinski definition) is 3. The first-order chi connectivity index (χ1) is 9.72. The second-order valence-corrected chi connectivity index (χ2v) is 5.98. The molecular weight excluding hydrogens is 257 g/mol. The molecule has 3 nitrogen and oxygen atoms in total. The summed E-state index contributed by atoms with van der Waals surface area (Å²) in [6.45, 7) is 1.64. The molecule has 0 amide bonds. The minimum Gasteiger partial charge on any atom is -0.389 e. The van der Waals surface area contributed by atoms with E-state index in [-0.39, 0.29) is 11.9 Å². The van der Waals surface area contributed by atoms with Crippen molar-refractivity contribution in [2.75, 3.05) is 19.8 Å². The van der Waals surface area contributed by atoms with Crippen LogP contribution in [0.15, 0.2) is 18.2 Å². The maximum absolute atomic E-state index is 13.3. The third kappa shape index (κ3) is 3.57. The van der Waals surface area contributed by atoms with Gasteiger partial charge in [-0.15, -0.1) is 0 Å². The van der Waals surface area contributed by atoms with Gasteiger partial charge in [0.2, 0.25) is 0 Å². The Kier molecular flexibility index (Phi) is 4.34. The Morgan fingerprint density at radius 1 is 1.35 bits per heavy atom. The van der Waals surface area contributed by atoms with Gasteiger partial charge in [0.05, 0.1) is 12.7 Å². The third-order valence-corrected chi connectivity index (χ3v) is 4.15. The van der Waals surface area contributed by atoms with Gasteiger partial charge in [0.25, 0.3) is 0 Å². The lowest BCUT2D eigenvalue weighted by Crippen LogP contribution is -2.32. The van der Waals surface area contributed by atoms with Gasteiger partial charge in [-0.25, -0.2) is 4.39 Å². The SMILES string of the molecule is O[C@@H](CN[C@H]1CCc2ccc(F)cc21)COCC1CC1. The molecule has 0 heterocycles. The number of aliphatic hydroxyl groups excluding tert-OH is 1. The predicted molar refractivity (Wildman–Crippen MR) is 75.0 cm³/mol. The fourth-order valence-corrected chi connectivity index (χ4v) is 2.78. The fraction of sp³-hybridized carbons (Fsp3) is 0.625. The maximum Gasteiger partial charge on any atom is 0.123 e. The van der Waals surface area contributed by atoms with Gasteiger partial charge < -0.3 is 15.2 Å². The highest BCUT2D eigenvalue weighted by Gasteiger charge is 2.24. The molecule has 2 aliphatic carbocycles. The van der Waals surface area contributed by atoms with E-state index >= 15 is 0 Å². The molecule has 2 N–H and O–H groups in total. The molecule has 0 spiro atoms. The molecule has 0 bridgehead atoms. The van der Waals surface area contributed by atoms with E-state index in [9.17, 15) is 9.50 Å². The van der Waals surface area contributed by atoms with Crippen molar-refractivity contribution < 1.29 is 14.2 Å². The van der Waals surface area contributed by atoms with Crippen molar-refractivity contribution in [2.45, 2.75) is 37.8 Å². The molecule has 0 unspecified atom stereocenters. The van der Waals surface area contributed by atoms with Gasteiger partial charge in [-0.05, 0) is 54.9 Å². The second kappa shape index (κ2) is 6.20. The highest BCUT2D eigenvalue weighted by molar-refractivity contribution is 5.34. The largest absolute Gasteiger partial charge is 0.389 e. The molecule has 2 aliphatic rings. The summed E-state index contributed by atoms with van der Waals surface area (Å²) in [6.07, 6.45) is 3.97. The standard InChI is InChI=1S/C16H22FNO2/c17-13-5-3-12-4-6-16(15(12)7-13)18-8-14(19)10-20-9-11-1-2-11/h3,5,7,11,14,16,18-19H,1-2,4,6,8-10H2/t14-,16-/m0/s1.